The number of ether oxygens (including phenoxy) is 2. The summed E-state index contributed by atoms with van der Waals surface area (Å²) in [5.74, 6) is -0.238. The Morgan fingerprint density at radius 2 is 1.53 bits per heavy atom. The van der Waals surface area contributed by atoms with Crippen LogP contribution in [0.1, 0.15) is 10.4 Å². The second-order valence-corrected chi connectivity index (χ2v) is 8.05. The number of rotatable bonds is 8. The molecule has 0 aliphatic carbocycles. The van der Waals surface area contributed by atoms with Crippen molar-refractivity contribution >= 4 is 33.0 Å². The Morgan fingerprint density at radius 3 is 2.19 bits per heavy atom. The highest BCUT2D eigenvalue weighted by Gasteiger charge is 2.25. The summed E-state index contributed by atoms with van der Waals surface area (Å²) in [7, 11) is -1.64. The van der Waals surface area contributed by atoms with Crippen molar-refractivity contribution in [3.05, 3.63) is 82.4 Å². The minimum atomic E-state index is -4.34. The fraction of sp³-hybridized carbons (Fsp3) is 0.0952. The molecule has 1 amide bonds. The molecule has 11 heteroatoms. The minimum absolute atomic E-state index is 0.0199. The van der Waals surface area contributed by atoms with Gasteiger partial charge in [-0.3, -0.25) is 19.6 Å². The normalized spacial score (nSPS) is 10.8. The number of nitro groups is 1. The first-order valence-electron chi connectivity index (χ1n) is 9.15. The van der Waals surface area contributed by atoms with E-state index in [0.29, 0.717) is 11.4 Å². The van der Waals surface area contributed by atoms with Gasteiger partial charge < -0.3 is 14.8 Å². The Morgan fingerprint density at radius 1 is 0.906 bits per heavy atom. The summed E-state index contributed by atoms with van der Waals surface area (Å²) in [4.78, 5) is 22.8. The molecule has 32 heavy (non-hydrogen) atoms. The second kappa shape index (κ2) is 9.35. The van der Waals surface area contributed by atoms with Gasteiger partial charge in [-0.15, -0.1) is 0 Å². The smallest absolute Gasteiger partial charge is 0.271 e. The molecular formula is C21H19N3O7S. The van der Waals surface area contributed by atoms with E-state index >= 15 is 0 Å². The van der Waals surface area contributed by atoms with Crippen LogP contribution in [0.5, 0.6) is 11.5 Å². The molecule has 0 spiro atoms. The Hall–Kier alpha value is -4.12. The van der Waals surface area contributed by atoms with Gasteiger partial charge >= 0.3 is 0 Å². The van der Waals surface area contributed by atoms with Crippen LogP contribution in [-0.4, -0.2) is 33.5 Å². The van der Waals surface area contributed by atoms with Crippen molar-refractivity contribution in [3.63, 3.8) is 0 Å². The number of nitrogens with zero attached hydrogens (tertiary/aromatic N) is 1. The summed E-state index contributed by atoms with van der Waals surface area (Å²) in [6.45, 7) is 0. The van der Waals surface area contributed by atoms with Crippen LogP contribution < -0.4 is 19.5 Å². The Kier molecular flexibility index (Phi) is 6.59. The zero-order valence-electron chi connectivity index (χ0n) is 17.1. The van der Waals surface area contributed by atoms with Crippen molar-refractivity contribution in [2.75, 3.05) is 24.3 Å². The largest absolute Gasteiger partial charge is 0.495 e. The van der Waals surface area contributed by atoms with Crippen molar-refractivity contribution in [1.82, 2.24) is 0 Å². The molecule has 3 aromatic rings. The van der Waals surface area contributed by atoms with Gasteiger partial charge in [-0.05, 0) is 30.3 Å². The fourth-order valence-corrected chi connectivity index (χ4v) is 4.17. The van der Waals surface area contributed by atoms with Crippen molar-refractivity contribution in [3.8, 4) is 11.5 Å². The summed E-state index contributed by atoms with van der Waals surface area (Å²) in [5, 5.41) is 13.8. The third kappa shape index (κ3) is 4.78. The molecule has 2 N–H and O–H groups in total. The maximum absolute atomic E-state index is 13.0. The SMILES string of the molecule is COc1ccccc1NC(=O)c1ccccc1NS(=O)(=O)c1cc([N+](=O)[O-])ccc1OC. The summed E-state index contributed by atoms with van der Waals surface area (Å²) in [6.07, 6.45) is 0. The molecule has 0 radical (unpaired) electrons. The highest BCUT2D eigenvalue weighted by Crippen LogP contribution is 2.31. The number of nitro benzene ring substituents is 1. The van der Waals surface area contributed by atoms with E-state index in [1.165, 1.54) is 32.4 Å². The Bertz CT molecular complexity index is 1280. The number of benzene rings is 3. The number of carbonyl (C=O) groups excluding carboxylic acids is 1. The summed E-state index contributed by atoms with van der Waals surface area (Å²) < 4.78 is 38.6. The molecule has 0 bridgehead atoms. The van der Waals surface area contributed by atoms with Gasteiger partial charge in [-0.25, -0.2) is 8.42 Å². The molecule has 3 rings (SSSR count). The molecule has 0 heterocycles. The standard InChI is InChI=1S/C21H19N3O7S/c1-30-18-10-6-5-9-17(18)22-21(25)15-7-3-4-8-16(15)23-32(28,29)20-13-14(24(26)27)11-12-19(20)31-2/h3-13,23H,1-2H3,(H,22,25). The van der Waals surface area contributed by atoms with Crippen molar-refractivity contribution in [1.29, 1.82) is 0 Å². The number of anilines is 2. The van der Waals surface area contributed by atoms with Crippen LogP contribution in [0.15, 0.2) is 71.6 Å². The molecule has 3 aromatic carbocycles. The Balaban J connectivity index is 1.96. The van der Waals surface area contributed by atoms with Crippen LogP contribution in [-0.2, 0) is 10.0 Å². The predicted octanol–water partition coefficient (Wildman–Crippen LogP) is 3.67. The number of para-hydroxylation sites is 3. The fourth-order valence-electron chi connectivity index (χ4n) is 2.90. The molecule has 0 saturated carbocycles. The number of nitrogens with one attached hydrogen (secondary N) is 2. The number of hydrogen-bond acceptors (Lipinski definition) is 7. The lowest BCUT2D eigenvalue weighted by Crippen LogP contribution is -2.19. The lowest BCUT2D eigenvalue weighted by Gasteiger charge is -2.15. The molecule has 0 aliphatic rings. The van der Waals surface area contributed by atoms with E-state index in [0.717, 1.165) is 12.1 Å². The molecular weight excluding hydrogens is 438 g/mol. The van der Waals surface area contributed by atoms with Gasteiger partial charge in [0.1, 0.15) is 16.4 Å². The van der Waals surface area contributed by atoms with E-state index in [4.69, 9.17) is 9.47 Å². The number of methoxy groups -OCH3 is 2. The molecule has 0 aliphatic heterocycles. The van der Waals surface area contributed by atoms with Gasteiger partial charge in [0.2, 0.25) is 0 Å². The minimum Gasteiger partial charge on any atom is -0.495 e. The molecule has 0 fully saturated rings. The van der Waals surface area contributed by atoms with Crippen LogP contribution in [0.3, 0.4) is 0 Å². The highest BCUT2D eigenvalue weighted by atomic mass is 32.2. The topological polar surface area (TPSA) is 137 Å². The van der Waals surface area contributed by atoms with Crippen LogP contribution in [0, 0.1) is 10.1 Å². The van der Waals surface area contributed by atoms with Gasteiger partial charge in [-0.2, -0.15) is 0 Å². The Labute approximate surface area is 184 Å². The summed E-state index contributed by atoms with van der Waals surface area (Å²) in [5.41, 5.74) is -0.00812. The molecule has 0 unspecified atom stereocenters. The van der Waals surface area contributed by atoms with E-state index < -0.39 is 31.4 Å². The van der Waals surface area contributed by atoms with Crippen molar-refractivity contribution < 1.29 is 27.6 Å². The first kappa shape index (κ1) is 22.6. The number of non-ortho nitro benzene ring substituents is 1. The molecule has 10 nitrogen and oxygen atoms in total. The first-order valence-corrected chi connectivity index (χ1v) is 10.6. The molecule has 0 saturated heterocycles. The summed E-state index contributed by atoms with van der Waals surface area (Å²) in [6, 6.07) is 15.9. The van der Waals surface area contributed by atoms with Gasteiger partial charge in [0.15, 0.2) is 0 Å². The van der Waals surface area contributed by atoms with Crippen LogP contribution in [0.25, 0.3) is 0 Å². The van der Waals surface area contributed by atoms with Gasteiger partial charge in [0.05, 0.1) is 36.1 Å². The van der Waals surface area contributed by atoms with Crippen molar-refractivity contribution in [2.45, 2.75) is 4.90 Å². The lowest BCUT2D eigenvalue weighted by molar-refractivity contribution is -0.385. The molecule has 0 atom stereocenters. The van der Waals surface area contributed by atoms with Crippen molar-refractivity contribution in [2.24, 2.45) is 0 Å². The zero-order valence-corrected chi connectivity index (χ0v) is 17.9. The monoisotopic (exact) mass is 457 g/mol. The van der Waals surface area contributed by atoms with Gasteiger partial charge in [0.25, 0.3) is 21.6 Å². The summed E-state index contributed by atoms with van der Waals surface area (Å²) >= 11 is 0. The third-order valence-electron chi connectivity index (χ3n) is 4.42. The van der Waals surface area contributed by atoms with E-state index in [-0.39, 0.29) is 17.0 Å². The predicted molar refractivity (Wildman–Crippen MR) is 118 cm³/mol. The average Bonchev–Trinajstić information content (AvgIpc) is 2.79. The van der Waals surface area contributed by atoms with E-state index in [2.05, 4.69) is 10.0 Å². The van der Waals surface area contributed by atoms with Crippen LogP contribution in [0.4, 0.5) is 17.1 Å². The second-order valence-electron chi connectivity index (χ2n) is 6.40. The molecule has 166 valence electrons. The quantitative estimate of drug-likeness (QED) is 0.389. The van der Waals surface area contributed by atoms with Gasteiger partial charge in [0, 0.05) is 12.1 Å². The average molecular weight is 457 g/mol. The van der Waals surface area contributed by atoms with E-state index in [9.17, 15) is 23.3 Å². The third-order valence-corrected chi connectivity index (χ3v) is 5.81. The van der Waals surface area contributed by atoms with Crippen LogP contribution >= 0.6 is 0 Å². The maximum Gasteiger partial charge on any atom is 0.271 e. The number of carbonyl (C=O) groups is 1. The zero-order chi connectivity index (χ0) is 23.3. The first-order chi connectivity index (χ1) is 15.3. The lowest BCUT2D eigenvalue weighted by atomic mass is 10.1. The number of amides is 1. The number of hydrogen-bond donors (Lipinski definition) is 2. The van der Waals surface area contributed by atoms with Crippen LogP contribution in [0.2, 0.25) is 0 Å². The van der Waals surface area contributed by atoms with E-state index in [1.54, 1.807) is 36.4 Å². The highest BCUT2D eigenvalue weighted by molar-refractivity contribution is 7.92. The number of sulfonamides is 1. The van der Waals surface area contributed by atoms with E-state index in [1.807, 2.05) is 0 Å². The molecule has 0 aromatic heterocycles. The maximum atomic E-state index is 13.0. The van der Waals surface area contributed by atoms with Gasteiger partial charge in [-0.1, -0.05) is 24.3 Å².